The van der Waals surface area contributed by atoms with Crippen LogP contribution in [-0.4, -0.2) is 59.1 Å². The number of amides is 1. The number of hydroxylamine groups is 2. The van der Waals surface area contributed by atoms with E-state index in [9.17, 15) is 19.8 Å². The highest BCUT2D eigenvalue weighted by Crippen LogP contribution is 2.52. The van der Waals surface area contributed by atoms with E-state index in [0.717, 1.165) is 5.06 Å². The summed E-state index contributed by atoms with van der Waals surface area (Å²) in [6.45, 7) is 3.32. The van der Waals surface area contributed by atoms with Gasteiger partial charge in [-0.05, 0) is 25.0 Å². The molecule has 1 aliphatic carbocycles. The fourth-order valence-corrected chi connectivity index (χ4v) is 3.27. The first kappa shape index (κ1) is 16.8. The first-order chi connectivity index (χ1) is 10.3. The molecule has 0 saturated carbocycles. The Balaban J connectivity index is 2.73. The summed E-state index contributed by atoms with van der Waals surface area (Å²) in [5.41, 5.74) is -2.98. The summed E-state index contributed by atoms with van der Waals surface area (Å²) < 4.78 is 5.28. The Morgan fingerprint density at radius 2 is 1.95 bits per heavy atom. The van der Waals surface area contributed by atoms with E-state index in [0.29, 0.717) is 12.0 Å². The van der Waals surface area contributed by atoms with Crippen LogP contribution in [0.1, 0.15) is 20.3 Å². The molecule has 0 radical (unpaired) electrons. The van der Waals surface area contributed by atoms with Gasteiger partial charge in [-0.25, -0.2) is 0 Å². The van der Waals surface area contributed by atoms with Crippen molar-refractivity contribution in [3.8, 4) is 0 Å². The van der Waals surface area contributed by atoms with E-state index in [1.807, 2.05) is 6.92 Å². The van der Waals surface area contributed by atoms with Crippen molar-refractivity contribution < 1.29 is 29.4 Å². The van der Waals surface area contributed by atoms with E-state index in [-0.39, 0.29) is 0 Å². The molecule has 1 aliphatic heterocycles. The van der Waals surface area contributed by atoms with Crippen molar-refractivity contribution in [2.75, 3.05) is 14.2 Å². The number of rotatable bonds is 3. The maximum Gasteiger partial charge on any atom is 0.265 e. The summed E-state index contributed by atoms with van der Waals surface area (Å²) >= 11 is 0. The van der Waals surface area contributed by atoms with Crippen LogP contribution in [-0.2, 0) is 19.2 Å². The summed E-state index contributed by atoms with van der Waals surface area (Å²) in [5, 5.41) is 22.1. The van der Waals surface area contributed by atoms with Crippen LogP contribution < -0.4 is 0 Å². The molecule has 7 nitrogen and oxygen atoms in total. The summed E-state index contributed by atoms with van der Waals surface area (Å²) in [6, 6.07) is 0. The molecule has 1 spiro atoms. The highest BCUT2D eigenvalue weighted by Gasteiger charge is 2.71. The lowest BCUT2D eigenvalue weighted by Gasteiger charge is -2.39. The van der Waals surface area contributed by atoms with Gasteiger partial charge in [0.05, 0.1) is 7.11 Å². The van der Waals surface area contributed by atoms with Gasteiger partial charge in [0, 0.05) is 7.11 Å². The van der Waals surface area contributed by atoms with Gasteiger partial charge in [0.25, 0.3) is 5.91 Å². The molecule has 7 heteroatoms. The lowest BCUT2D eigenvalue weighted by molar-refractivity contribution is -0.273. The first-order valence-electron chi connectivity index (χ1n) is 7.04. The molecule has 122 valence electrons. The fraction of sp³-hybridized carbons (Fsp3) is 0.600. The number of carbonyl (C=O) groups excluding carboxylic acids is 2. The topological polar surface area (TPSA) is 96.3 Å². The maximum atomic E-state index is 12.9. The van der Waals surface area contributed by atoms with Crippen molar-refractivity contribution in [1.29, 1.82) is 0 Å². The smallest absolute Gasteiger partial charge is 0.265 e. The lowest BCUT2D eigenvalue weighted by Crippen LogP contribution is -2.56. The maximum absolute atomic E-state index is 12.9. The minimum Gasteiger partial charge on any atom is -0.386 e. The number of ether oxygens (including phenoxy) is 1. The average Bonchev–Trinajstić information content (AvgIpc) is 2.67. The predicted molar refractivity (Wildman–Crippen MR) is 76.2 cm³/mol. The van der Waals surface area contributed by atoms with Crippen LogP contribution in [0.25, 0.3) is 0 Å². The zero-order valence-corrected chi connectivity index (χ0v) is 13.1. The van der Waals surface area contributed by atoms with Crippen molar-refractivity contribution in [1.82, 2.24) is 5.06 Å². The Morgan fingerprint density at radius 1 is 1.32 bits per heavy atom. The second kappa shape index (κ2) is 5.58. The van der Waals surface area contributed by atoms with E-state index in [2.05, 4.69) is 0 Å². The molecule has 0 aromatic rings. The Morgan fingerprint density at radius 3 is 2.41 bits per heavy atom. The van der Waals surface area contributed by atoms with Gasteiger partial charge in [0.15, 0.2) is 11.5 Å². The molecule has 2 N–H and O–H groups in total. The van der Waals surface area contributed by atoms with Crippen LogP contribution in [0.2, 0.25) is 0 Å². The monoisotopic (exact) mass is 311 g/mol. The highest BCUT2D eigenvalue weighted by molar-refractivity contribution is 6.05. The van der Waals surface area contributed by atoms with Crippen molar-refractivity contribution in [2.24, 2.45) is 5.41 Å². The highest BCUT2D eigenvalue weighted by atomic mass is 16.7. The zero-order chi connectivity index (χ0) is 16.7. The zero-order valence-electron chi connectivity index (χ0n) is 13.1. The second-order valence-corrected chi connectivity index (χ2v) is 5.52. The predicted octanol–water partition coefficient (Wildman–Crippen LogP) is -0.0639. The molecule has 0 aromatic heterocycles. The number of hydrogen-bond acceptors (Lipinski definition) is 6. The van der Waals surface area contributed by atoms with Gasteiger partial charge in [-0.2, -0.15) is 5.06 Å². The molecule has 0 aromatic carbocycles. The van der Waals surface area contributed by atoms with E-state index in [1.165, 1.54) is 33.3 Å². The summed E-state index contributed by atoms with van der Waals surface area (Å²) in [5.74, 6) is -1.35. The van der Waals surface area contributed by atoms with Crippen molar-refractivity contribution in [3.05, 3.63) is 23.8 Å². The number of allylic oxidation sites excluding steroid dienone is 2. The Bertz CT molecular complexity index is 556. The van der Waals surface area contributed by atoms with Crippen molar-refractivity contribution in [3.63, 3.8) is 0 Å². The quantitative estimate of drug-likeness (QED) is 0.758. The van der Waals surface area contributed by atoms with Crippen molar-refractivity contribution in [2.45, 2.75) is 38.2 Å². The number of carbonyl (C=O) groups is 2. The van der Waals surface area contributed by atoms with E-state index in [4.69, 9.17) is 9.57 Å². The lowest BCUT2D eigenvalue weighted by atomic mass is 9.66. The van der Waals surface area contributed by atoms with Gasteiger partial charge < -0.3 is 14.9 Å². The molecule has 1 fully saturated rings. The summed E-state index contributed by atoms with van der Waals surface area (Å²) in [4.78, 5) is 29.9. The van der Waals surface area contributed by atoms with Crippen LogP contribution in [0, 0.1) is 5.41 Å². The van der Waals surface area contributed by atoms with Gasteiger partial charge in [-0.3, -0.25) is 14.4 Å². The number of aliphatic hydroxyl groups excluding tert-OH is 2. The number of ketones is 1. The molecule has 2 aliphatic rings. The average molecular weight is 311 g/mol. The van der Waals surface area contributed by atoms with Gasteiger partial charge >= 0.3 is 0 Å². The Hall–Kier alpha value is -1.54. The largest absolute Gasteiger partial charge is 0.386 e. The van der Waals surface area contributed by atoms with Gasteiger partial charge in [-0.15, -0.1) is 0 Å². The number of methoxy groups -OCH3 is 1. The molecule has 0 unspecified atom stereocenters. The second-order valence-electron chi connectivity index (χ2n) is 5.52. The van der Waals surface area contributed by atoms with Crippen LogP contribution in [0.15, 0.2) is 23.8 Å². The fourth-order valence-electron chi connectivity index (χ4n) is 3.27. The molecule has 1 saturated heterocycles. The number of hydrogen-bond donors (Lipinski definition) is 2. The molecule has 2 rings (SSSR count). The van der Waals surface area contributed by atoms with Crippen LogP contribution >= 0.6 is 0 Å². The third kappa shape index (κ3) is 1.83. The van der Waals surface area contributed by atoms with E-state index in [1.54, 1.807) is 6.08 Å². The third-order valence-electron chi connectivity index (χ3n) is 4.51. The SMILES string of the molecule is CC/C=C1/C=CC(=O)[C@H](O)[C@@]12C(=O)N(OC)[C@@](C)(OC)[C@H]2O. The van der Waals surface area contributed by atoms with E-state index >= 15 is 0 Å². The molecular formula is C15H21NO6. The standard InChI is InChI=1S/C15H21NO6/c1-5-6-9-7-8-10(17)11(18)15(9)12(19)14(2,21-3)16(22-4)13(15)20/h6-8,11-12,18-19H,5H2,1-4H3/b9-6-/t11-,12+,14-,15-/m0/s1. The molecule has 1 heterocycles. The molecule has 1 amide bonds. The number of nitrogens with zero attached hydrogens (tertiary/aromatic N) is 1. The summed E-state index contributed by atoms with van der Waals surface area (Å²) in [7, 11) is 2.58. The molecule has 0 bridgehead atoms. The van der Waals surface area contributed by atoms with E-state index < -0.39 is 35.0 Å². The molecule has 4 atom stereocenters. The third-order valence-corrected chi connectivity index (χ3v) is 4.51. The van der Waals surface area contributed by atoms with Gasteiger partial charge in [0.2, 0.25) is 0 Å². The summed E-state index contributed by atoms with van der Waals surface area (Å²) in [6.07, 6.45) is 1.74. The van der Waals surface area contributed by atoms with Crippen LogP contribution in [0.5, 0.6) is 0 Å². The van der Waals surface area contributed by atoms with Crippen LogP contribution in [0.4, 0.5) is 0 Å². The van der Waals surface area contributed by atoms with Gasteiger partial charge in [-0.1, -0.05) is 19.1 Å². The Labute approximate surface area is 128 Å². The normalized spacial score (nSPS) is 40.3. The van der Waals surface area contributed by atoms with Crippen LogP contribution in [0.3, 0.4) is 0 Å². The minimum absolute atomic E-state index is 0.377. The minimum atomic E-state index is -1.83. The van der Waals surface area contributed by atoms with Crippen molar-refractivity contribution >= 4 is 11.7 Å². The molecular weight excluding hydrogens is 290 g/mol. The van der Waals surface area contributed by atoms with Gasteiger partial charge in [0.1, 0.15) is 17.6 Å². The first-order valence-corrected chi connectivity index (χ1v) is 7.04. The Kier molecular flexibility index (Phi) is 4.27. The number of aliphatic hydroxyl groups is 2. The molecule has 22 heavy (non-hydrogen) atoms.